The Morgan fingerprint density at radius 2 is 0.974 bits per heavy atom. The third kappa shape index (κ3) is 18.0. The first-order valence-corrected chi connectivity index (χ1v) is 16.7. The lowest BCUT2D eigenvalue weighted by molar-refractivity contribution is 0.304. The molecule has 2 heteroatoms. The van der Waals surface area contributed by atoms with E-state index in [0.29, 0.717) is 0 Å². The Labute approximate surface area is 242 Å². The Hall–Kier alpha value is -2.09. The fourth-order valence-electron chi connectivity index (χ4n) is 5.14. The van der Waals surface area contributed by atoms with Gasteiger partial charge in [0.25, 0.3) is 0 Å². The molecule has 0 aliphatic carbocycles. The third-order valence-electron chi connectivity index (χ3n) is 7.76. The van der Waals surface area contributed by atoms with Crippen molar-refractivity contribution in [1.29, 1.82) is 0 Å². The molecule has 0 spiro atoms. The van der Waals surface area contributed by atoms with Crippen LogP contribution in [-0.2, 0) is 6.42 Å². The predicted octanol–water partition coefficient (Wildman–Crippen LogP) is 12.2. The predicted molar refractivity (Wildman–Crippen MR) is 173 cm³/mol. The second-order valence-corrected chi connectivity index (χ2v) is 11.5. The van der Waals surface area contributed by atoms with Crippen LogP contribution in [0.1, 0.15) is 153 Å². The largest absolute Gasteiger partial charge is 0.494 e. The molecule has 0 aromatic heterocycles. The molecule has 2 rings (SSSR count). The summed E-state index contributed by atoms with van der Waals surface area (Å²) in [5, 5.41) is 0. The van der Waals surface area contributed by atoms with E-state index in [2.05, 4.69) is 67.4 Å². The Bertz CT molecular complexity index is 824. The molecule has 0 atom stereocenters. The molecule has 2 aromatic rings. The SMILES string of the molecule is CCCCCCCCCCCCOc1ccc(C=Nc2ccc(CCCCCCCCCCCC)cc2)cc1. The van der Waals surface area contributed by atoms with Crippen LogP contribution in [0.3, 0.4) is 0 Å². The van der Waals surface area contributed by atoms with E-state index in [9.17, 15) is 0 Å². The van der Waals surface area contributed by atoms with Gasteiger partial charge in [0, 0.05) is 6.21 Å². The van der Waals surface area contributed by atoms with Gasteiger partial charge >= 0.3 is 0 Å². The first-order chi connectivity index (χ1) is 19.3. The molecule has 0 unspecified atom stereocenters. The van der Waals surface area contributed by atoms with Gasteiger partial charge in [-0.2, -0.15) is 0 Å². The van der Waals surface area contributed by atoms with Crippen molar-refractivity contribution in [2.75, 3.05) is 6.61 Å². The zero-order valence-corrected chi connectivity index (χ0v) is 25.6. The maximum Gasteiger partial charge on any atom is 0.119 e. The van der Waals surface area contributed by atoms with Crippen molar-refractivity contribution >= 4 is 11.9 Å². The normalized spacial score (nSPS) is 11.4. The lowest BCUT2D eigenvalue weighted by Gasteiger charge is -2.06. The van der Waals surface area contributed by atoms with Crippen molar-refractivity contribution in [3.05, 3.63) is 59.7 Å². The molecule has 0 bridgehead atoms. The van der Waals surface area contributed by atoms with E-state index in [1.165, 1.54) is 134 Å². The Balaban J connectivity index is 1.51. The van der Waals surface area contributed by atoms with Crippen LogP contribution in [0.4, 0.5) is 5.69 Å². The minimum absolute atomic E-state index is 0.815. The van der Waals surface area contributed by atoms with Crippen molar-refractivity contribution in [2.45, 2.75) is 149 Å². The zero-order valence-electron chi connectivity index (χ0n) is 25.6. The van der Waals surface area contributed by atoms with Crippen molar-refractivity contribution in [1.82, 2.24) is 0 Å². The summed E-state index contributed by atoms with van der Waals surface area (Å²) in [6, 6.07) is 17.1. The zero-order chi connectivity index (χ0) is 27.6. The number of aliphatic imine (C=N–C) groups is 1. The van der Waals surface area contributed by atoms with Crippen LogP contribution in [0.25, 0.3) is 0 Å². The number of hydrogen-bond acceptors (Lipinski definition) is 2. The van der Waals surface area contributed by atoms with Gasteiger partial charge in [-0.25, -0.2) is 0 Å². The van der Waals surface area contributed by atoms with Crippen molar-refractivity contribution in [3.63, 3.8) is 0 Å². The topological polar surface area (TPSA) is 21.6 Å². The van der Waals surface area contributed by atoms with Crippen LogP contribution >= 0.6 is 0 Å². The van der Waals surface area contributed by atoms with Gasteiger partial charge in [0.2, 0.25) is 0 Å². The van der Waals surface area contributed by atoms with Crippen LogP contribution in [0.5, 0.6) is 5.75 Å². The highest BCUT2D eigenvalue weighted by molar-refractivity contribution is 5.82. The molecule has 0 radical (unpaired) electrons. The summed E-state index contributed by atoms with van der Waals surface area (Å²) in [6.07, 6.45) is 30.6. The van der Waals surface area contributed by atoms with Crippen LogP contribution in [0, 0.1) is 0 Å². The fourth-order valence-corrected chi connectivity index (χ4v) is 5.14. The molecule has 0 fully saturated rings. The minimum atomic E-state index is 0.815. The lowest BCUT2D eigenvalue weighted by Crippen LogP contribution is -1.97. The van der Waals surface area contributed by atoms with E-state index in [1.54, 1.807) is 0 Å². The first kappa shape index (κ1) is 33.1. The van der Waals surface area contributed by atoms with Crippen LogP contribution < -0.4 is 4.74 Å². The number of unbranched alkanes of at least 4 members (excludes halogenated alkanes) is 18. The second kappa shape index (κ2) is 23.8. The monoisotopic (exact) mass is 533 g/mol. The number of hydrogen-bond donors (Lipinski definition) is 0. The molecule has 2 aromatic carbocycles. The molecule has 0 aliphatic rings. The highest BCUT2D eigenvalue weighted by Crippen LogP contribution is 2.18. The van der Waals surface area contributed by atoms with Gasteiger partial charge < -0.3 is 4.74 Å². The van der Waals surface area contributed by atoms with E-state index in [1.807, 2.05) is 6.21 Å². The minimum Gasteiger partial charge on any atom is -0.494 e. The summed E-state index contributed by atoms with van der Waals surface area (Å²) in [5.41, 5.74) is 3.55. The molecular weight excluding hydrogens is 474 g/mol. The standard InChI is InChI=1S/C37H59NO/c1-3-5-7-9-11-13-15-17-19-21-23-34-24-28-36(29-25-34)38-33-35-26-30-37(31-27-35)39-32-22-20-18-16-14-12-10-8-6-4-2/h24-31,33H,3-23,32H2,1-2H3. The molecular formula is C37H59NO. The van der Waals surface area contributed by atoms with E-state index in [-0.39, 0.29) is 0 Å². The van der Waals surface area contributed by atoms with Crippen molar-refractivity contribution in [3.8, 4) is 5.75 Å². The molecule has 0 heterocycles. The molecule has 0 amide bonds. The van der Waals surface area contributed by atoms with Gasteiger partial charge in [0.15, 0.2) is 0 Å². The molecule has 218 valence electrons. The van der Waals surface area contributed by atoms with Gasteiger partial charge in [-0.3, -0.25) is 4.99 Å². The van der Waals surface area contributed by atoms with E-state index in [0.717, 1.165) is 30.0 Å². The highest BCUT2D eigenvalue weighted by atomic mass is 16.5. The van der Waals surface area contributed by atoms with Crippen LogP contribution in [0.2, 0.25) is 0 Å². The first-order valence-electron chi connectivity index (χ1n) is 16.7. The van der Waals surface area contributed by atoms with Crippen LogP contribution in [-0.4, -0.2) is 12.8 Å². The summed E-state index contributed by atoms with van der Waals surface area (Å²) in [6.45, 7) is 5.38. The number of rotatable bonds is 25. The summed E-state index contributed by atoms with van der Waals surface area (Å²) in [4.78, 5) is 4.67. The third-order valence-corrected chi connectivity index (χ3v) is 7.76. The molecule has 39 heavy (non-hydrogen) atoms. The number of benzene rings is 2. The number of nitrogens with zero attached hydrogens (tertiary/aromatic N) is 1. The summed E-state index contributed by atoms with van der Waals surface area (Å²) < 4.78 is 5.94. The summed E-state index contributed by atoms with van der Waals surface area (Å²) in [5.74, 6) is 0.958. The fraction of sp³-hybridized carbons (Fsp3) is 0.649. The second-order valence-electron chi connectivity index (χ2n) is 11.5. The molecule has 0 N–H and O–H groups in total. The molecule has 2 nitrogen and oxygen atoms in total. The maximum atomic E-state index is 5.94. The van der Waals surface area contributed by atoms with Crippen LogP contribution in [0.15, 0.2) is 53.5 Å². The molecule has 0 aliphatic heterocycles. The van der Waals surface area contributed by atoms with Gasteiger partial charge in [-0.05, 0) is 66.8 Å². The smallest absolute Gasteiger partial charge is 0.119 e. The van der Waals surface area contributed by atoms with E-state index < -0.39 is 0 Å². The Kier molecular flexibility index (Phi) is 20.2. The Morgan fingerprint density at radius 3 is 1.49 bits per heavy atom. The van der Waals surface area contributed by atoms with Crippen molar-refractivity contribution < 1.29 is 4.74 Å². The molecule has 0 saturated heterocycles. The van der Waals surface area contributed by atoms with Crippen molar-refractivity contribution in [2.24, 2.45) is 4.99 Å². The number of ether oxygens (including phenoxy) is 1. The summed E-state index contributed by atoms with van der Waals surface area (Å²) >= 11 is 0. The average Bonchev–Trinajstić information content (AvgIpc) is 2.97. The maximum absolute atomic E-state index is 5.94. The Morgan fingerprint density at radius 1 is 0.513 bits per heavy atom. The van der Waals surface area contributed by atoms with E-state index >= 15 is 0 Å². The van der Waals surface area contributed by atoms with Gasteiger partial charge in [-0.15, -0.1) is 0 Å². The average molecular weight is 534 g/mol. The van der Waals surface area contributed by atoms with Gasteiger partial charge in [0.1, 0.15) is 5.75 Å². The molecule has 0 saturated carbocycles. The highest BCUT2D eigenvalue weighted by Gasteiger charge is 1.98. The lowest BCUT2D eigenvalue weighted by atomic mass is 10.0. The summed E-state index contributed by atoms with van der Waals surface area (Å²) in [7, 11) is 0. The van der Waals surface area contributed by atoms with E-state index in [4.69, 9.17) is 4.74 Å². The number of aryl methyl sites for hydroxylation is 1. The van der Waals surface area contributed by atoms with Gasteiger partial charge in [0.05, 0.1) is 12.3 Å². The van der Waals surface area contributed by atoms with Gasteiger partial charge in [-0.1, -0.05) is 142 Å². The quantitative estimate of drug-likeness (QED) is 0.0918.